The van der Waals surface area contributed by atoms with E-state index in [1.54, 1.807) is 0 Å². The SMILES string of the molecule is CCNc1cc(COCC2CCOC2)ccn1. The molecule has 0 radical (unpaired) electrons. The number of rotatable bonds is 6. The molecular formula is C13H20N2O2. The van der Waals surface area contributed by atoms with E-state index in [2.05, 4.69) is 17.2 Å². The Morgan fingerprint density at radius 3 is 3.29 bits per heavy atom. The molecule has 1 saturated heterocycles. The van der Waals surface area contributed by atoms with Crippen molar-refractivity contribution in [3.05, 3.63) is 23.9 Å². The normalized spacial score (nSPS) is 19.5. The molecule has 1 unspecified atom stereocenters. The van der Waals surface area contributed by atoms with Crippen LogP contribution in [0.1, 0.15) is 18.9 Å². The van der Waals surface area contributed by atoms with Crippen molar-refractivity contribution in [3.63, 3.8) is 0 Å². The lowest BCUT2D eigenvalue weighted by molar-refractivity contribution is 0.0791. The van der Waals surface area contributed by atoms with Crippen molar-refractivity contribution in [2.24, 2.45) is 5.92 Å². The van der Waals surface area contributed by atoms with Gasteiger partial charge in [-0.15, -0.1) is 0 Å². The molecule has 0 bridgehead atoms. The lowest BCUT2D eigenvalue weighted by Gasteiger charge is -2.09. The van der Waals surface area contributed by atoms with E-state index in [-0.39, 0.29) is 0 Å². The van der Waals surface area contributed by atoms with Gasteiger partial charge in [0.05, 0.1) is 19.8 Å². The molecule has 1 aromatic heterocycles. The van der Waals surface area contributed by atoms with Gasteiger partial charge in [-0.2, -0.15) is 0 Å². The predicted octanol–water partition coefficient (Wildman–Crippen LogP) is 2.07. The Labute approximate surface area is 102 Å². The smallest absolute Gasteiger partial charge is 0.126 e. The van der Waals surface area contributed by atoms with Gasteiger partial charge in [0.25, 0.3) is 0 Å². The third-order valence-electron chi connectivity index (χ3n) is 2.83. The Morgan fingerprint density at radius 2 is 2.53 bits per heavy atom. The van der Waals surface area contributed by atoms with Crippen LogP contribution in [0.5, 0.6) is 0 Å². The molecule has 1 N–H and O–H groups in total. The van der Waals surface area contributed by atoms with E-state index in [1.807, 2.05) is 18.3 Å². The summed E-state index contributed by atoms with van der Waals surface area (Å²) in [7, 11) is 0. The van der Waals surface area contributed by atoms with Gasteiger partial charge in [-0.3, -0.25) is 0 Å². The van der Waals surface area contributed by atoms with Gasteiger partial charge >= 0.3 is 0 Å². The minimum Gasteiger partial charge on any atom is -0.381 e. The van der Waals surface area contributed by atoms with Crippen LogP contribution in [0.2, 0.25) is 0 Å². The predicted molar refractivity (Wildman–Crippen MR) is 67.0 cm³/mol. The Balaban J connectivity index is 1.75. The van der Waals surface area contributed by atoms with E-state index in [1.165, 1.54) is 0 Å². The maximum absolute atomic E-state index is 5.70. The van der Waals surface area contributed by atoms with E-state index >= 15 is 0 Å². The molecule has 0 aliphatic carbocycles. The first-order valence-corrected chi connectivity index (χ1v) is 6.22. The van der Waals surface area contributed by atoms with Crippen LogP contribution in [0.15, 0.2) is 18.3 Å². The summed E-state index contributed by atoms with van der Waals surface area (Å²) in [6.07, 6.45) is 2.94. The van der Waals surface area contributed by atoms with Crippen molar-refractivity contribution in [2.45, 2.75) is 20.0 Å². The zero-order chi connectivity index (χ0) is 11.9. The van der Waals surface area contributed by atoms with Crippen LogP contribution < -0.4 is 5.32 Å². The van der Waals surface area contributed by atoms with Crippen LogP contribution in [0, 0.1) is 5.92 Å². The molecule has 1 fully saturated rings. The fraction of sp³-hybridized carbons (Fsp3) is 0.615. The third-order valence-corrected chi connectivity index (χ3v) is 2.83. The second-order valence-electron chi connectivity index (χ2n) is 4.32. The minimum absolute atomic E-state index is 0.574. The Kier molecular flexibility index (Phi) is 4.76. The molecule has 1 aromatic rings. The van der Waals surface area contributed by atoms with Crippen LogP contribution in [0.25, 0.3) is 0 Å². The first-order chi connectivity index (χ1) is 8.38. The number of aromatic nitrogens is 1. The summed E-state index contributed by atoms with van der Waals surface area (Å²) in [4.78, 5) is 4.23. The van der Waals surface area contributed by atoms with Crippen molar-refractivity contribution in [2.75, 3.05) is 31.7 Å². The summed E-state index contributed by atoms with van der Waals surface area (Å²) in [5, 5.41) is 3.19. The van der Waals surface area contributed by atoms with Crippen LogP contribution in [0.3, 0.4) is 0 Å². The molecule has 4 nitrogen and oxygen atoms in total. The van der Waals surface area contributed by atoms with Crippen molar-refractivity contribution in [3.8, 4) is 0 Å². The standard InChI is InChI=1S/C13H20N2O2/c1-2-14-13-7-11(3-5-15-13)8-17-10-12-4-6-16-9-12/h3,5,7,12H,2,4,6,8-10H2,1H3,(H,14,15). The lowest BCUT2D eigenvalue weighted by Crippen LogP contribution is -2.09. The van der Waals surface area contributed by atoms with Crippen LogP contribution >= 0.6 is 0 Å². The second-order valence-corrected chi connectivity index (χ2v) is 4.32. The van der Waals surface area contributed by atoms with E-state index in [9.17, 15) is 0 Å². The van der Waals surface area contributed by atoms with Crippen LogP contribution in [0.4, 0.5) is 5.82 Å². The lowest BCUT2D eigenvalue weighted by atomic mass is 10.1. The number of pyridine rings is 1. The maximum atomic E-state index is 5.70. The summed E-state index contributed by atoms with van der Waals surface area (Å²) in [6, 6.07) is 4.03. The zero-order valence-electron chi connectivity index (χ0n) is 10.3. The molecule has 1 aliphatic heterocycles. The van der Waals surface area contributed by atoms with Gasteiger partial charge in [0.2, 0.25) is 0 Å². The molecule has 94 valence electrons. The average Bonchev–Trinajstić information content (AvgIpc) is 2.83. The largest absolute Gasteiger partial charge is 0.381 e. The van der Waals surface area contributed by atoms with Gasteiger partial charge in [0.15, 0.2) is 0 Å². The molecule has 4 heteroatoms. The molecular weight excluding hydrogens is 216 g/mol. The van der Waals surface area contributed by atoms with Crippen molar-refractivity contribution < 1.29 is 9.47 Å². The second kappa shape index (κ2) is 6.57. The topological polar surface area (TPSA) is 43.4 Å². The zero-order valence-corrected chi connectivity index (χ0v) is 10.3. The molecule has 1 aliphatic rings. The van der Waals surface area contributed by atoms with Gasteiger partial charge in [-0.1, -0.05) is 0 Å². The van der Waals surface area contributed by atoms with Gasteiger partial charge in [0.1, 0.15) is 5.82 Å². The first kappa shape index (κ1) is 12.3. The minimum atomic E-state index is 0.574. The number of nitrogens with zero attached hydrogens (tertiary/aromatic N) is 1. The van der Waals surface area contributed by atoms with E-state index < -0.39 is 0 Å². The van der Waals surface area contributed by atoms with Gasteiger partial charge in [-0.25, -0.2) is 4.98 Å². The highest BCUT2D eigenvalue weighted by molar-refractivity contribution is 5.36. The van der Waals surface area contributed by atoms with Crippen LogP contribution in [-0.4, -0.2) is 31.3 Å². The van der Waals surface area contributed by atoms with Crippen LogP contribution in [-0.2, 0) is 16.1 Å². The summed E-state index contributed by atoms with van der Waals surface area (Å²) in [5.74, 6) is 1.49. The van der Waals surface area contributed by atoms with Crippen molar-refractivity contribution >= 4 is 5.82 Å². The Morgan fingerprint density at radius 1 is 1.59 bits per heavy atom. The summed E-state index contributed by atoms with van der Waals surface area (Å²) >= 11 is 0. The molecule has 2 heterocycles. The first-order valence-electron chi connectivity index (χ1n) is 6.22. The fourth-order valence-corrected chi connectivity index (χ4v) is 1.90. The maximum Gasteiger partial charge on any atom is 0.126 e. The Bertz CT molecular complexity index is 338. The number of anilines is 1. The molecule has 1 atom stereocenters. The average molecular weight is 236 g/mol. The monoisotopic (exact) mass is 236 g/mol. The molecule has 0 amide bonds. The summed E-state index contributed by atoms with van der Waals surface area (Å²) in [5.41, 5.74) is 1.16. The highest BCUT2D eigenvalue weighted by Crippen LogP contribution is 2.14. The van der Waals surface area contributed by atoms with E-state index in [0.717, 1.165) is 44.2 Å². The number of hydrogen-bond acceptors (Lipinski definition) is 4. The molecule has 0 aromatic carbocycles. The molecule has 17 heavy (non-hydrogen) atoms. The van der Waals surface area contributed by atoms with Gasteiger partial charge in [-0.05, 0) is 31.0 Å². The highest BCUT2D eigenvalue weighted by Gasteiger charge is 2.15. The van der Waals surface area contributed by atoms with Crippen molar-refractivity contribution in [1.82, 2.24) is 4.98 Å². The van der Waals surface area contributed by atoms with Gasteiger partial charge in [0, 0.05) is 25.3 Å². The van der Waals surface area contributed by atoms with E-state index in [0.29, 0.717) is 12.5 Å². The fourth-order valence-electron chi connectivity index (χ4n) is 1.90. The number of nitrogens with one attached hydrogen (secondary N) is 1. The number of hydrogen-bond donors (Lipinski definition) is 1. The summed E-state index contributed by atoms with van der Waals surface area (Å²) in [6.45, 7) is 6.12. The molecule has 2 rings (SSSR count). The molecule has 0 saturated carbocycles. The Hall–Kier alpha value is -1.13. The quantitative estimate of drug-likeness (QED) is 0.821. The number of ether oxygens (including phenoxy) is 2. The van der Waals surface area contributed by atoms with E-state index in [4.69, 9.17) is 9.47 Å². The highest BCUT2D eigenvalue weighted by atomic mass is 16.5. The summed E-state index contributed by atoms with van der Waals surface area (Å²) < 4.78 is 11.0. The molecule has 0 spiro atoms. The third kappa shape index (κ3) is 3.98. The van der Waals surface area contributed by atoms with Crippen molar-refractivity contribution in [1.29, 1.82) is 0 Å². The van der Waals surface area contributed by atoms with Gasteiger partial charge < -0.3 is 14.8 Å².